The number of nitrogens with one attached hydrogen (secondary N) is 1. The van der Waals surface area contributed by atoms with Gasteiger partial charge in [0.25, 0.3) is 0 Å². The average molecular weight is 476 g/mol. The van der Waals surface area contributed by atoms with Gasteiger partial charge in [0.2, 0.25) is 0 Å². The van der Waals surface area contributed by atoms with Crippen molar-refractivity contribution in [1.82, 2.24) is 24.9 Å². The third-order valence-electron chi connectivity index (χ3n) is 5.02. The molecule has 0 bridgehead atoms. The Hall–Kier alpha value is -0.870. The van der Waals surface area contributed by atoms with Crippen LogP contribution >= 0.6 is 24.0 Å². The summed E-state index contributed by atoms with van der Waals surface area (Å²) in [6, 6.07) is 0. The van der Waals surface area contributed by atoms with E-state index >= 15 is 0 Å². The third-order valence-corrected chi connectivity index (χ3v) is 5.02. The number of aromatic nitrogens is 2. The number of hydrogen-bond acceptors (Lipinski definition) is 4. The molecule has 1 aromatic rings. The third kappa shape index (κ3) is 5.82. The molecule has 8 heteroatoms. The predicted octanol–water partition coefficient (Wildman–Crippen LogP) is 1.72. The number of likely N-dealkylation sites (tertiary alicyclic amines) is 1. The Kier molecular flexibility index (Phi) is 8.62. The van der Waals surface area contributed by atoms with E-state index in [1.165, 1.54) is 19.4 Å². The summed E-state index contributed by atoms with van der Waals surface area (Å²) in [5, 5.41) is 7.74. The number of ether oxygens (including phenoxy) is 1. The summed E-state index contributed by atoms with van der Waals surface area (Å²) in [5.74, 6) is 1.69. The van der Waals surface area contributed by atoms with Crippen molar-refractivity contribution in [2.24, 2.45) is 18.0 Å². The molecule has 0 aromatic carbocycles. The van der Waals surface area contributed by atoms with Gasteiger partial charge in [-0.1, -0.05) is 0 Å². The van der Waals surface area contributed by atoms with E-state index in [0.717, 1.165) is 50.9 Å². The van der Waals surface area contributed by atoms with E-state index in [-0.39, 0.29) is 30.1 Å². The van der Waals surface area contributed by atoms with Gasteiger partial charge in [-0.3, -0.25) is 9.67 Å². The minimum atomic E-state index is 0. The molecule has 0 aliphatic carbocycles. The van der Waals surface area contributed by atoms with E-state index in [9.17, 15) is 0 Å². The molecule has 3 heterocycles. The molecule has 2 atom stereocenters. The Labute approximate surface area is 174 Å². The molecule has 0 amide bonds. The standard InChI is InChI=1S/C18H32N6O.HI/c1-4-19-18(20-10-15-6-5-7-22(2)12-15)24-8-9-25-17(14-24)16-11-21-23(3)13-16;/h11,13,15,17H,4-10,12,14H2,1-3H3,(H,19,20);1H. The first-order valence-corrected chi connectivity index (χ1v) is 9.47. The summed E-state index contributed by atoms with van der Waals surface area (Å²) in [5.41, 5.74) is 1.14. The van der Waals surface area contributed by atoms with Crippen molar-refractivity contribution in [1.29, 1.82) is 0 Å². The number of hydrogen-bond donors (Lipinski definition) is 1. The molecule has 26 heavy (non-hydrogen) atoms. The number of halogens is 1. The van der Waals surface area contributed by atoms with Crippen LogP contribution < -0.4 is 5.32 Å². The number of aryl methyl sites for hydroxylation is 1. The molecular weight excluding hydrogens is 443 g/mol. The zero-order valence-electron chi connectivity index (χ0n) is 16.2. The normalized spacial score (nSPS) is 25.0. The zero-order valence-corrected chi connectivity index (χ0v) is 18.6. The topological polar surface area (TPSA) is 57.9 Å². The fraction of sp³-hybridized carbons (Fsp3) is 0.778. The SMILES string of the molecule is CCNC(=NCC1CCCN(C)C1)N1CCOC(c2cnn(C)c2)C1.I. The van der Waals surface area contributed by atoms with E-state index in [2.05, 4.69) is 34.2 Å². The van der Waals surface area contributed by atoms with Crippen molar-refractivity contribution in [3.63, 3.8) is 0 Å². The van der Waals surface area contributed by atoms with Crippen LogP contribution in [0.2, 0.25) is 0 Å². The van der Waals surface area contributed by atoms with Crippen LogP contribution in [0.1, 0.15) is 31.4 Å². The lowest BCUT2D eigenvalue weighted by Crippen LogP contribution is -2.48. The van der Waals surface area contributed by atoms with Gasteiger partial charge in [0.1, 0.15) is 6.10 Å². The van der Waals surface area contributed by atoms with Gasteiger partial charge in [-0.05, 0) is 39.3 Å². The summed E-state index contributed by atoms with van der Waals surface area (Å²) < 4.78 is 7.79. The first-order valence-electron chi connectivity index (χ1n) is 9.47. The number of morpholine rings is 1. The monoisotopic (exact) mass is 476 g/mol. The molecule has 2 saturated heterocycles. The number of aliphatic imine (C=N–C) groups is 1. The number of nitrogens with zero attached hydrogens (tertiary/aromatic N) is 5. The average Bonchev–Trinajstić information content (AvgIpc) is 3.05. The Bertz CT molecular complexity index is 578. The van der Waals surface area contributed by atoms with E-state index in [0.29, 0.717) is 5.92 Å². The number of guanidine groups is 1. The number of piperidine rings is 1. The molecule has 1 N–H and O–H groups in total. The van der Waals surface area contributed by atoms with Crippen molar-refractivity contribution < 1.29 is 4.74 Å². The molecule has 0 radical (unpaired) electrons. The van der Waals surface area contributed by atoms with Gasteiger partial charge < -0.3 is 19.9 Å². The first kappa shape index (κ1) is 21.4. The van der Waals surface area contributed by atoms with Crippen LogP contribution in [0.4, 0.5) is 0 Å². The molecule has 3 rings (SSSR count). The van der Waals surface area contributed by atoms with Crippen LogP contribution in [-0.2, 0) is 11.8 Å². The summed E-state index contributed by atoms with van der Waals surface area (Å²) >= 11 is 0. The second-order valence-electron chi connectivity index (χ2n) is 7.22. The van der Waals surface area contributed by atoms with Crippen molar-refractivity contribution in [3.8, 4) is 0 Å². The fourth-order valence-corrected chi connectivity index (χ4v) is 3.71. The quantitative estimate of drug-likeness (QED) is 0.408. The number of rotatable bonds is 4. The van der Waals surface area contributed by atoms with Crippen LogP contribution in [0.3, 0.4) is 0 Å². The molecule has 2 aliphatic rings. The van der Waals surface area contributed by atoms with Crippen molar-refractivity contribution in [2.75, 3.05) is 52.9 Å². The van der Waals surface area contributed by atoms with E-state index in [4.69, 9.17) is 9.73 Å². The lowest BCUT2D eigenvalue weighted by atomic mass is 9.99. The van der Waals surface area contributed by atoms with E-state index < -0.39 is 0 Å². The van der Waals surface area contributed by atoms with Crippen molar-refractivity contribution >= 4 is 29.9 Å². The molecular formula is C18H33IN6O. The molecule has 148 valence electrons. The van der Waals surface area contributed by atoms with E-state index in [1.54, 1.807) is 0 Å². The van der Waals surface area contributed by atoms with Gasteiger partial charge >= 0.3 is 0 Å². The fourth-order valence-electron chi connectivity index (χ4n) is 3.71. The molecule has 0 spiro atoms. The summed E-state index contributed by atoms with van der Waals surface area (Å²) in [6.07, 6.45) is 6.57. The predicted molar refractivity (Wildman–Crippen MR) is 115 cm³/mol. The maximum absolute atomic E-state index is 5.96. The van der Waals surface area contributed by atoms with Crippen LogP contribution in [0.25, 0.3) is 0 Å². The molecule has 7 nitrogen and oxygen atoms in total. The molecule has 2 fully saturated rings. The Morgan fingerprint density at radius 1 is 1.35 bits per heavy atom. The van der Waals surface area contributed by atoms with Gasteiger partial charge in [-0.2, -0.15) is 5.10 Å². The maximum Gasteiger partial charge on any atom is 0.194 e. The zero-order chi connectivity index (χ0) is 17.6. The molecule has 1 aromatic heterocycles. The van der Waals surface area contributed by atoms with Crippen LogP contribution in [-0.4, -0.2) is 78.5 Å². The highest BCUT2D eigenvalue weighted by Gasteiger charge is 2.25. The Morgan fingerprint density at radius 3 is 2.88 bits per heavy atom. The summed E-state index contributed by atoms with van der Waals surface area (Å²) in [4.78, 5) is 9.71. The second kappa shape index (κ2) is 10.5. The maximum atomic E-state index is 5.96. The lowest BCUT2D eigenvalue weighted by molar-refractivity contribution is -0.00808. The molecule has 0 saturated carbocycles. The summed E-state index contributed by atoms with van der Waals surface area (Å²) in [7, 11) is 4.15. The minimum absolute atomic E-state index is 0. The second-order valence-corrected chi connectivity index (χ2v) is 7.22. The first-order chi connectivity index (χ1) is 12.2. The summed E-state index contributed by atoms with van der Waals surface area (Å²) in [6.45, 7) is 8.72. The molecule has 2 aliphatic heterocycles. The lowest BCUT2D eigenvalue weighted by Gasteiger charge is -2.35. The highest BCUT2D eigenvalue weighted by molar-refractivity contribution is 14.0. The van der Waals surface area contributed by atoms with Crippen LogP contribution in [0.15, 0.2) is 17.4 Å². The molecule has 2 unspecified atom stereocenters. The van der Waals surface area contributed by atoms with Crippen molar-refractivity contribution in [3.05, 3.63) is 18.0 Å². The van der Waals surface area contributed by atoms with E-state index in [1.807, 2.05) is 24.1 Å². The largest absolute Gasteiger partial charge is 0.370 e. The highest BCUT2D eigenvalue weighted by atomic mass is 127. The Balaban J connectivity index is 0.00000243. The van der Waals surface area contributed by atoms with Gasteiger partial charge in [-0.15, -0.1) is 24.0 Å². The minimum Gasteiger partial charge on any atom is -0.370 e. The van der Waals surface area contributed by atoms with Crippen LogP contribution in [0, 0.1) is 5.92 Å². The van der Waals surface area contributed by atoms with Crippen molar-refractivity contribution in [2.45, 2.75) is 25.9 Å². The van der Waals surface area contributed by atoms with Crippen LogP contribution in [0.5, 0.6) is 0 Å². The highest BCUT2D eigenvalue weighted by Crippen LogP contribution is 2.22. The van der Waals surface area contributed by atoms with Gasteiger partial charge in [0.15, 0.2) is 5.96 Å². The van der Waals surface area contributed by atoms with Gasteiger partial charge in [0.05, 0.1) is 19.3 Å². The van der Waals surface area contributed by atoms with Gasteiger partial charge in [-0.25, -0.2) is 0 Å². The smallest absolute Gasteiger partial charge is 0.194 e. The Morgan fingerprint density at radius 2 is 2.19 bits per heavy atom. The van der Waals surface area contributed by atoms with Gasteiger partial charge in [0, 0.05) is 45.0 Å².